The molecule has 0 aromatic heterocycles. The van der Waals surface area contributed by atoms with Crippen LogP contribution in [0.3, 0.4) is 0 Å². The third-order valence-corrected chi connectivity index (χ3v) is 3.35. The van der Waals surface area contributed by atoms with E-state index in [1.54, 1.807) is 0 Å². The number of carbonyl (C=O) groups excluding carboxylic acids is 2. The van der Waals surface area contributed by atoms with Crippen LogP contribution in [0.2, 0.25) is 0 Å². The molecule has 0 aromatic rings. The first kappa shape index (κ1) is 18.4. The summed E-state index contributed by atoms with van der Waals surface area (Å²) >= 11 is 0. The van der Waals surface area contributed by atoms with Gasteiger partial charge < -0.3 is 16.8 Å². The molecule has 0 unspecified atom stereocenters. The van der Waals surface area contributed by atoms with Crippen molar-refractivity contribution in [3.63, 3.8) is 0 Å². The number of amides is 3. The average molecular weight is 331 g/mol. The number of primary amides is 1. The van der Waals surface area contributed by atoms with Gasteiger partial charge >= 0.3 is 46.0 Å². The molecule has 21 heavy (non-hydrogen) atoms. The molecule has 2 bridgehead atoms. The van der Waals surface area contributed by atoms with E-state index in [4.69, 9.17) is 15.0 Å². The molecule has 3 N–H and O–H groups in total. The predicted molar refractivity (Wildman–Crippen MR) is 64.4 cm³/mol. The summed E-state index contributed by atoms with van der Waals surface area (Å²) in [6, 6.07) is -2.67. The van der Waals surface area contributed by atoms with Crippen LogP contribution in [0.1, 0.15) is 1.43 Å². The van der Waals surface area contributed by atoms with Crippen molar-refractivity contribution < 1.29 is 62.6 Å². The third kappa shape index (κ3) is 3.74. The van der Waals surface area contributed by atoms with Crippen LogP contribution >= 0.6 is 0 Å². The summed E-state index contributed by atoms with van der Waals surface area (Å²) in [5, 5.41) is 0.489. The molecule has 2 rings (SSSR count). The van der Waals surface area contributed by atoms with E-state index in [9.17, 15) is 18.0 Å². The standard InChI is InChI=1S/C9H13N3O7S.Na.H/c1-18-4-5-2-6(8(10)13)11-3-7(5)12(9(11)14)19-20(15,16)17;;/h2,6-7H,3-4H2,1H3,(H2,10,13)(H,15,16,17);;/q;+1;-1/t6-,7-;;/m0../s1. The van der Waals surface area contributed by atoms with Gasteiger partial charge in [0.15, 0.2) is 0 Å². The molecule has 12 heteroatoms. The van der Waals surface area contributed by atoms with Crippen LogP contribution in [0, 0.1) is 0 Å². The van der Waals surface area contributed by atoms with Crippen LogP contribution in [0.4, 0.5) is 4.79 Å². The van der Waals surface area contributed by atoms with E-state index < -0.39 is 34.4 Å². The number of carbonyl (C=O) groups is 2. The number of hydrogen-bond acceptors (Lipinski definition) is 6. The van der Waals surface area contributed by atoms with E-state index in [2.05, 4.69) is 4.28 Å². The van der Waals surface area contributed by atoms with Gasteiger partial charge in [0.05, 0.1) is 13.2 Å². The number of nitrogens with zero attached hydrogens (tertiary/aromatic N) is 2. The van der Waals surface area contributed by atoms with E-state index in [0.717, 1.165) is 4.90 Å². The van der Waals surface area contributed by atoms with Gasteiger partial charge in [0, 0.05) is 7.11 Å². The zero-order chi connectivity index (χ0) is 15.1. The van der Waals surface area contributed by atoms with Crippen LogP contribution in [-0.4, -0.2) is 67.2 Å². The SMILES string of the molecule is COCC1=C[C@@H](C(N)=O)N2C[C@@H]1N(OS(=O)(=O)O)C2=O.[H-].[Na+]. The van der Waals surface area contributed by atoms with Gasteiger partial charge in [-0.25, -0.2) is 4.79 Å². The molecule has 2 aliphatic rings. The fourth-order valence-corrected chi connectivity index (χ4v) is 2.61. The van der Waals surface area contributed by atoms with Gasteiger partial charge in [-0.1, -0.05) is 0 Å². The molecule has 0 spiro atoms. The Bertz CT molecular complexity index is 584. The summed E-state index contributed by atoms with van der Waals surface area (Å²) in [5.74, 6) is -0.765. The smallest absolute Gasteiger partial charge is 1.00 e. The van der Waals surface area contributed by atoms with Crippen molar-refractivity contribution in [3.05, 3.63) is 11.6 Å². The summed E-state index contributed by atoms with van der Waals surface area (Å²) in [6.07, 6.45) is 1.42. The normalized spacial score (nSPS) is 24.7. The molecule has 0 radical (unpaired) electrons. The average Bonchev–Trinajstić information content (AvgIpc) is 2.57. The second-order valence-corrected chi connectivity index (χ2v) is 5.31. The van der Waals surface area contributed by atoms with Crippen LogP contribution < -0.4 is 35.3 Å². The summed E-state index contributed by atoms with van der Waals surface area (Å²) in [4.78, 5) is 24.4. The maximum Gasteiger partial charge on any atom is 1.00 e. The molecule has 10 nitrogen and oxygen atoms in total. The number of methoxy groups -OCH3 is 1. The van der Waals surface area contributed by atoms with Gasteiger partial charge in [-0.2, -0.15) is 13.5 Å². The molecule has 2 aliphatic heterocycles. The number of ether oxygens (including phenoxy) is 1. The van der Waals surface area contributed by atoms with Crippen LogP contribution in [0.15, 0.2) is 11.6 Å². The molecule has 0 aromatic carbocycles. The van der Waals surface area contributed by atoms with Crippen molar-refractivity contribution in [2.45, 2.75) is 12.1 Å². The number of fused-ring (bicyclic) bond motifs is 2. The van der Waals surface area contributed by atoms with Crippen molar-refractivity contribution >= 4 is 22.3 Å². The molecule has 114 valence electrons. The fourth-order valence-electron chi connectivity index (χ4n) is 2.23. The Kier molecular flexibility index (Phi) is 5.77. The van der Waals surface area contributed by atoms with Crippen molar-refractivity contribution in [2.75, 3.05) is 20.3 Å². The molecule has 0 saturated carbocycles. The monoisotopic (exact) mass is 331 g/mol. The first-order valence-electron chi connectivity index (χ1n) is 5.50. The number of rotatable bonds is 5. The van der Waals surface area contributed by atoms with E-state index in [0.29, 0.717) is 10.6 Å². The second kappa shape index (κ2) is 6.60. The van der Waals surface area contributed by atoms with E-state index in [1.165, 1.54) is 13.2 Å². The third-order valence-electron chi connectivity index (χ3n) is 3.00. The minimum Gasteiger partial charge on any atom is -1.00 e. The Hall–Kier alpha value is -0.690. The van der Waals surface area contributed by atoms with Crippen LogP contribution in [-0.2, 0) is 24.2 Å². The Balaban J connectivity index is 0.00000220. The summed E-state index contributed by atoms with van der Waals surface area (Å²) in [7, 11) is -3.46. The van der Waals surface area contributed by atoms with Crippen molar-refractivity contribution in [2.24, 2.45) is 5.73 Å². The fraction of sp³-hybridized carbons (Fsp3) is 0.556. The van der Waals surface area contributed by atoms with E-state index >= 15 is 0 Å². The quantitative estimate of drug-likeness (QED) is 0.293. The Morgan fingerprint density at radius 3 is 2.71 bits per heavy atom. The number of hydroxylamine groups is 2. The van der Waals surface area contributed by atoms with Crippen molar-refractivity contribution in [1.29, 1.82) is 0 Å². The maximum atomic E-state index is 12.0. The molecular formula is C9H14N3NaO7S. The maximum absolute atomic E-state index is 12.0. The van der Waals surface area contributed by atoms with Crippen LogP contribution in [0.5, 0.6) is 0 Å². The first-order valence-corrected chi connectivity index (χ1v) is 6.87. The van der Waals surface area contributed by atoms with E-state index in [-0.39, 0.29) is 44.1 Å². The second-order valence-electron chi connectivity index (χ2n) is 4.30. The predicted octanol–water partition coefficient (Wildman–Crippen LogP) is -4.62. The number of nitrogens with two attached hydrogens (primary N) is 1. The van der Waals surface area contributed by atoms with Gasteiger partial charge in [-0.3, -0.25) is 9.35 Å². The van der Waals surface area contributed by atoms with E-state index in [1.807, 2.05) is 0 Å². The topological polar surface area (TPSA) is 139 Å². The van der Waals surface area contributed by atoms with Crippen molar-refractivity contribution in [3.8, 4) is 0 Å². The largest absolute Gasteiger partial charge is 1.00 e. The van der Waals surface area contributed by atoms with Gasteiger partial charge in [-0.15, -0.1) is 4.28 Å². The van der Waals surface area contributed by atoms with Crippen LogP contribution in [0.25, 0.3) is 0 Å². The molecule has 1 saturated heterocycles. The number of hydrogen-bond donors (Lipinski definition) is 2. The van der Waals surface area contributed by atoms with Gasteiger partial charge in [0.25, 0.3) is 0 Å². The molecule has 1 fully saturated rings. The zero-order valence-electron chi connectivity index (χ0n) is 12.4. The summed E-state index contributed by atoms with van der Waals surface area (Å²) in [6.45, 7) is 0.0675. The Labute approximate surface area is 144 Å². The molecule has 2 heterocycles. The minimum atomic E-state index is -4.86. The Morgan fingerprint density at radius 1 is 1.62 bits per heavy atom. The van der Waals surface area contributed by atoms with Gasteiger partial charge in [0.1, 0.15) is 12.1 Å². The van der Waals surface area contributed by atoms with Crippen molar-refractivity contribution in [1.82, 2.24) is 9.96 Å². The summed E-state index contributed by atoms with van der Waals surface area (Å²) < 4.78 is 39.4. The minimum absolute atomic E-state index is 0. The first-order chi connectivity index (χ1) is 9.24. The number of urea groups is 1. The molecular weight excluding hydrogens is 317 g/mol. The summed E-state index contributed by atoms with van der Waals surface area (Å²) in [5.41, 5.74) is 5.66. The molecule has 3 amide bonds. The van der Waals surface area contributed by atoms with Gasteiger partial charge in [-0.05, 0) is 11.6 Å². The Morgan fingerprint density at radius 2 is 2.24 bits per heavy atom. The molecule has 0 aliphatic carbocycles. The zero-order valence-corrected chi connectivity index (χ0v) is 14.2. The molecule has 2 atom stereocenters. The van der Waals surface area contributed by atoms with Gasteiger partial charge in [0.2, 0.25) is 5.91 Å².